The summed E-state index contributed by atoms with van der Waals surface area (Å²) in [6.45, 7) is 0. The van der Waals surface area contributed by atoms with Crippen molar-refractivity contribution in [3.8, 4) is 11.5 Å². The Kier molecular flexibility index (Phi) is 6.60. The van der Waals surface area contributed by atoms with Gasteiger partial charge in [-0.2, -0.15) is 10.2 Å². The van der Waals surface area contributed by atoms with Crippen molar-refractivity contribution in [3.05, 3.63) is 145 Å². The van der Waals surface area contributed by atoms with Crippen LogP contribution in [-0.2, 0) is 6.42 Å². The fraction of sp³-hybridized carbons (Fsp3) is 0.118. The predicted molar refractivity (Wildman–Crippen MR) is 164 cm³/mol. The van der Waals surface area contributed by atoms with Gasteiger partial charge in [0.15, 0.2) is 4.80 Å². The minimum atomic E-state index is -0.285. The first kappa shape index (κ1) is 25.9. The highest BCUT2D eigenvalue weighted by Crippen LogP contribution is 2.41. The minimum Gasteiger partial charge on any atom is -0.507 e. The number of thiazole rings is 1. The van der Waals surface area contributed by atoms with E-state index in [-0.39, 0.29) is 17.4 Å². The summed E-state index contributed by atoms with van der Waals surface area (Å²) >= 11 is 1.33. The molecule has 0 saturated carbocycles. The van der Waals surface area contributed by atoms with E-state index in [0.29, 0.717) is 20.6 Å². The molecule has 1 aliphatic heterocycles. The van der Waals surface area contributed by atoms with Crippen molar-refractivity contribution in [3.63, 3.8) is 0 Å². The number of phenolic OH excluding ortho intramolecular Hbond substituents is 1. The minimum absolute atomic E-state index is 0.0188. The van der Waals surface area contributed by atoms with Gasteiger partial charge in [-0.25, -0.2) is 4.99 Å². The molecule has 8 heteroatoms. The van der Waals surface area contributed by atoms with Gasteiger partial charge in [0.05, 0.1) is 34.8 Å². The van der Waals surface area contributed by atoms with Crippen LogP contribution in [-0.4, -0.2) is 16.8 Å². The van der Waals surface area contributed by atoms with E-state index in [1.807, 2.05) is 60.7 Å². The van der Waals surface area contributed by atoms with Crippen molar-refractivity contribution in [1.82, 2.24) is 4.57 Å². The summed E-state index contributed by atoms with van der Waals surface area (Å²) in [4.78, 5) is 19.7. The zero-order chi connectivity index (χ0) is 28.6. The average Bonchev–Trinajstić information content (AvgIpc) is 3.34. The zero-order valence-corrected chi connectivity index (χ0v) is 23.6. The van der Waals surface area contributed by atoms with E-state index < -0.39 is 0 Å². The van der Waals surface area contributed by atoms with E-state index in [4.69, 9.17) is 9.73 Å². The van der Waals surface area contributed by atoms with E-state index in [1.54, 1.807) is 36.0 Å². The number of aromatic hydroxyl groups is 1. The van der Waals surface area contributed by atoms with Gasteiger partial charge in [-0.1, -0.05) is 65.9 Å². The van der Waals surface area contributed by atoms with Crippen LogP contribution < -0.4 is 19.6 Å². The average molecular weight is 571 g/mol. The second kappa shape index (κ2) is 10.7. The molecule has 2 aliphatic rings. The molecule has 1 aliphatic carbocycles. The van der Waals surface area contributed by atoms with Gasteiger partial charge >= 0.3 is 0 Å². The Morgan fingerprint density at radius 3 is 2.48 bits per heavy atom. The number of aryl methyl sites for hydroxylation is 1. The lowest BCUT2D eigenvalue weighted by molar-refractivity contribution is 0.414. The number of hydrogen-bond donors (Lipinski definition) is 1. The van der Waals surface area contributed by atoms with Crippen LogP contribution in [0.15, 0.2) is 123 Å². The summed E-state index contributed by atoms with van der Waals surface area (Å²) in [6.07, 6.45) is 3.43. The first-order valence-electron chi connectivity index (χ1n) is 13.7. The Hall–Kier alpha value is -5.08. The topological polar surface area (TPSA) is 88.5 Å². The van der Waals surface area contributed by atoms with E-state index in [1.165, 1.54) is 16.9 Å². The predicted octanol–water partition coefficient (Wildman–Crippen LogP) is 6.45. The summed E-state index contributed by atoms with van der Waals surface area (Å²) in [7, 11) is 1.64. The first-order valence-corrected chi connectivity index (χ1v) is 14.5. The monoisotopic (exact) mass is 570 g/mol. The molecule has 2 heterocycles. The quantitative estimate of drug-likeness (QED) is 0.246. The van der Waals surface area contributed by atoms with Crippen LogP contribution in [0.25, 0.3) is 11.8 Å². The first-order chi connectivity index (χ1) is 20.6. The van der Waals surface area contributed by atoms with Crippen LogP contribution in [0.4, 0.5) is 11.4 Å². The maximum Gasteiger partial charge on any atom is 0.271 e. The second-order valence-electron chi connectivity index (χ2n) is 10.2. The smallest absolute Gasteiger partial charge is 0.271 e. The highest BCUT2D eigenvalue weighted by atomic mass is 32.1. The molecule has 1 aromatic heterocycles. The number of phenols is 1. The number of methoxy groups -OCH3 is 1. The molecule has 0 radical (unpaired) electrons. The molecule has 4 aromatic carbocycles. The van der Waals surface area contributed by atoms with Gasteiger partial charge in [-0.3, -0.25) is 9.36 Å². The highest BCUT2D eigenvalue weighted by Gasteiger charge is 2.32. The standard InChI is InChI=1S/C34H26N4O3S/c1-41-26-16-12-22(13-17-26)32-28-18-14-21-7-5-6-10-27(21)31(28)35-34-38(32)33(40)30(42-34)19-23-11-15-25(20-29(23)39)37-36-24-8-3-2-4-9-24/h2-13,15-17,19-20,32,39H,14,18H2,1H3/b30-19-,37-36?/t32-/m0/s1. The number of fused-ring (bicyclic) bond motifs is 3. The van der Waals surface area contributed by atoms with Gasteiger partial charge < -0.3 is 9.84 Å². The van der Waals surface area contributed by atoms with Crippen molar-refractivity contribution in [2.45, 2.75) is 18.9 Å². The van der Waals surface area contributed by atoms with Crippen LogP contribution in [0.2, 0.25) is 0 Å². The third-order valence-corrected chi connectivity index (χ3v) is 8.63. The molecule has 0 fully saturated rings. The van der Waals surface area contributed by atoms with Crippen molar-refractivity contribution < 1.29 is 9.84 Å². The number of benzene rings is 4. The Balaban J connectivity index is 1.34. The summed E-state index contributed by atoms with van der Waals surface area (Å²) in [5.41, 5.74) is 7.08. The molecule has 0 saturated heterocycles. The lowest BCUT2D eigenvalue weighted by Gasteiger charge is -2.30. The van der Waals surface area contributed by atoms with Gasteiger partial charge in [0, 0.05) is 17.2 Å². The van der Waals surface area contributed by atoms with E-state index in [0.717, 1.165) is 46.7 Å². The Morgan fingerprint density at radius 2 is 1.69 bits per heavy atom. The van der Waals surface area contributed by atoms with Crippen molar-refractivity contribution in [2.75, 3.05) is 7.11 Å². The molecule has 0 bridgehead atoms. The Bertz CT molecular complexity index is 2060. The van der Waals surface area contributed by atoms with Gasteiger partial charge in [0.2, 0.25) is 0 Å². The van der Waals surface area contributed by atoms with Gasteiger partial charge in [-0.15, -0.1) is 0 Å². The van der Waals surface area contributed by atoms with Crippen LogP contribution >= 0.6 is 11.3 Å². The van der Waals surface area contributed by atoms with Crippen molar-refractivity contribution >= 4 is 34.5 Å². The molecule has 42 heavy (non-hydrogen) atoms. The summed E-state index contributed by atoms with van der Waals surface area (Å²) in [6, 6.07) is 30.4. The molecule has 1 N–H and O–H groups in total. The number of azo groups is 1. The number of ether oxygens (including phenoxy) is 1. The van der Waals surface area contributed by atoms with E-state index >= 15 is 0 Å². The number of rotatable bonds is 5. The molecule has 206 valence electrons. The van der Waals surface area contributed by atoms with Crippen molar-refractivity contribution in [1.29, 1.82) is 0 Å². The zero-order valence-electron chi connectivity index (χ0n) is 22.8. The molecule has 7 nitrogen and oxygen atoms in total. The molecule has 7 rings (SSSR count). The fourth-order valence-electron chi connectivity index (χ4n) is 5.58. The van der Waals surface area contributed by atoms with E-state index in [9.17, 15) is 9.90 Å². The summed E-state index contributed by atoms with van der Waals surface area (Å²) < 4.78 is 7.68. The normalized spacial score (nSPS) is 16.1. The summed E-state index contributed by atoms with van der Waals surface area (Å²) in [5, 5.41) is 19.3. The number of allylic oxidation sites excluding steroid dienone is 1. The largest absolute Gasteiger partial charge is 0.507 e. The Morgan fingerprint density at radius 1 is 0.929 bits per heavy atom. The van der Waals surface area contributed by atoms with Crippen molar-refractivity contribution in [2.24, 2.45) is 15.2 Å². The molecule has 1 atom stereocenters. The van der Waals surface area contributed by atoms with Crippen LogP contribution in [0, 0.1) is 0 Å². The van der Waals surface area contributed by atoms with Crippen LogP contribution in [0.1, 0.15) is 34.7 Å². The lowest BCUT2D eigenvalue weighted by atomic mass is 9.83. The molecule has 0 spiro atoms. The SMILES string of the molecule is COc1ccc([C@H]2C3=C(N=c4s/c(=C\c5ccc(N=Nc6ccccc6)cc5O)c(=O)n42)c2ccccc2CC3)cc1. The molecule has 0 unspecified atom stereocenters. The van der Waals surface area contributed by atoms with Gasteiger partial charge in [-0.05, 0) is 72.0 Å². The number of hydrogen-bond acceptors (Lipinski definition) is 7. The fourth-order valence-corrected chi connectivity index (χ4v) is 6.57. The van der Waals surface area contributed by atoms with Gasteiger partial charge in [0.1, 0.15) is 11.5 Å². The lowest BCUT2D eigenvalue weighted by Crippen LogP contribution is -2.38. The van der Waals surface area contributed by atoms with E-state index in [2.05, 4.69) is 28.4 Å². The molecule has 0 amide bonds. The maximum atomic E-state index is 14.0. The van der Waals surface area contributed by atoms with Gasteiger partial charge in [0.25, 0.3) is 5.56 Å². The summed E-state index contributed by atoms with van der Waals surface area (Å²) in [5.74, 6) is 0.779. The third kappa shape index (κ3) is 4.65. The highest BCUT2D eigenvalue weighted by molar-refractivity contribution is 7.07. The maximum absolute atomic E-state index is 14.0. The second-order valence-corrected chi connectivity index (χ2v) is 11.2. The Labute approximate surface area is 245 Å². The van der Waals surface area contributed by atoms with Crippen LogP contribution in [0.5, 0.6) is 11.5 Å². The molecule has 5 aromatic rings. The third-order valence-electron chi connectivity index (χ3n) is 7.64. The number of nitrogens with zero attached hydrogens (tertiary/aromatic N) is 4. The molecular weight excluding hydrogens is 544 g/mol. The molecular formula is C34H26N4O3S. The van der Waals surface area contributed by atoms with Crippen LogP contribution in [0.3, 0.4) is 0 Å². The number of aromatic nitrogens is 1.